The largest absolute Gasteiger partial charge is 0.353 e. The van der Waals surface area contributed by atoms with Crippen molar-refractivity contribution in [3.05, 3.63) is 42.1 Å². The van der Waals surface area contributed by atoms with Gasteiger partial charge in [-0.2, -0.15) is 5.10 Å². The fraction of sp³-hybridized carbons (Fsp3) is 0.231. The molecular weight excluding hydrogens is 250 g/mol. The Bertz CT molecular complexity index is 577. The monoisotopic (exact) mass is 263 g/mol. The number of fused-ring (bicyclic) bond motifs is 1. The predicted octanol–water partition coefficient (Wildman–Crippen LogP) is 2.38. The first kappa shape index (κ1) is 12.6. The Morgan fingerprint density at radius 1 is 1.56 bits per heavy atom. The standard InChI is InChI=1S/C13H14ClN3O/c1-2-6-15-13(18)5-7-17-12-8-11(14)4-3-10(12)9-16-17/h2-4,8-9H,1,5-7H2,(H,15,18). The summed E-state index contributed by atoms with van der Waals surface area (Å²) in [5, 5.41) is 8.66. The molecule has 0 atom stereocenters. The third kappa shape index (κ3) is 2.90. The fourth-order valence-corrected chi connectivity index (χ4v) is 1.87. The van der Waals surface area contributed by atoms with E-state index in [0.717, 1.165) is 10.9 Å². The number of benzene rings is 1. The molecule has 0 saturated carbocycles. The minimum atomic E-state index is -0.0134. The van der Waals surface area contributed by atoms with Gasteiger partial charge in [0.05, 0.1) is 18.3 Å². The van der Waals surface area contributed by atoms with E-state index in [0.29, 0.717) is 24.5 Å². The van der Waals surface area contributed by atoms with Crippen LogP contribution in [0.1, 0.15) is 6.42 Å². The van der Waals surface area contributed by atoms with Gasteiger partial charge in [0.15, 0.2) is 0 Å². The summed E-state index contributed by atoms with van der Waals surface area (Å²) in [7, 11) is 0. The van der Waals surface area contributed by atoms with Crippen molar-refractivity contribution >= 4 is 28.4 Å². The third-order valence-corrected chi connectivity index (χ3v) is 2.84. The van der Waals surface area contributed by atoms with Gasteiger partial charge in [-0.15, -0.1) is 6.58 Å². The highest BCUT2D eigenvalue weighted by atomic mass is 35.5. The number of carbonyl (C=O) groups excluding carboxylic acids is 1. The number of carbonyl (C=O) groups is 1. The smallest absolute Gasteiger partial charge is 0.222 e. The molecule has 0 bridgehead atoms. The lowest BCUT2D eigenvalue weighted by molar-refractivity contribution is -0.121. The fourth-order valence-electron chi connectivity index (χ4n) is 1.70. The molecule has 0 aliphatic heterocycles. The number of rotatable bonds is 5. The maximum Gasteiger partial charge on any atom is 0.222 e. The van der Waals surface area contributed by atoms with Crippen LogP contribution in [-0.4, -0.2) is 22.2 Å². The summed E-state index contributed by atoms with van der Waals surface area (Å²) < 4.78 is 1.79. The molecule has 0 fully saturated rings. The number of nitrogens with zero attached hydrogens (tertiary/aromatic N) is 2. The van der Waals surface area contributed by atoms with Crippen LogP contribution in [-0.2, 0) is 11.3 Å². The zero-order valence-corrected chi connectivity index (χ0v) is 10.7. The van der Waals surface area contributed by atoms with Gasteiger partial charge in [-0.3, -0.25) is 9.48 Å². The van der Waals surface area contributed by atoms with Crippen LogP contribution in [0.2, 0.25) is 5.02 Å². The molecular formula is C13H14ClN3O. The van der Waals surface area contributed by atoms with Gasteiger partial charge in [0.1, 0.15) is 0 Å². The molecule has 0 aliphatic carbocycles. The van der Waals surface area contributed by atoms with E-state index in [4.69, 9.17) is 11.6 Å². The van der Waals surface area contributed by atoms with Crippen molar-refractivity contribution in [3.8, 4) is 0 Å². The zero-order chi connectivity index (χ0) is 13.0. The molecule has 2 rings (SSSR count). The Balaban J connectivity index is 2.05. The van der Waals surface area contributed by atoms with Gasteiger partial charge in [-0.25, -0.2) is 0 Å². The third-order valence-electron chi connectivity index (χ3n) is 2.60. The van der Waals surface area contributed by atoms with Crippen LogP contribution >= 0.6 is 11.6 Å². The lowest BCUT2D eigenvalue weighted by Gasteiger charge is -2.04. The van der Waals surface area contributed by atoms with E-state index in [9.17, 15) is 4.79 Å². The Hall–Kier alpha value is -1.81. The quantitative estimate of drug-likeness (QED) is 0.842. The lowest BCUT2D eigenvalue weighted by atomic mass is 10.2. The summed E-state index contributed by atoms with van der Waals surface area (Å²) in [5.74, 6) is -0.0134. The van der Waals surface area contributed by atoms with Crippen LogP contribution in [0.5, 0.6) is 0 Å². The summed E-state index contributed by atoms with van der Waals surface area (Å²) in [6, 6.07) is 5.59. The molecule has 5 heteroatoms. The highest BCUT2D eigenvalue weighted by Gasteiger charge is 2.05. The number of aryl methyl sites for hydroxylation is 1. The predicted molar refractivity (Wildman–Crippen MR) is 72.6 cm³/mol. The molecule has 1 aromatic heterocycles. The molecule has 2 aromatic rings. The Morgan fingerprint density at radius 2 is 2.39 bits per heavy atom. The van der Waals surface area contributed by atoms with Crippen LogP contribution in [0.4, 0.5) is 0 Å². The van der Waals surface area contributed by atoms with E-state index in [1.807, 2.05) is 18.2 Å². The minimum Gasteiger partial charge on any atom is -0.353 e. The molecule has 0 unspecified atom stereocenters. The highest BCUT2D eigenvalue weighted by Crippen LogP contribution is 2.19. The second kappa shape index (κ2) is 5.69. The van der Waals surface area contributed by atoms with E-state index in [-0.39, 0.29) is 5.91 Å². The minimum absolute atomic E-state index is 0.0134. The number of hydrogen-bond donors (Lipinski definition) is 1. The molecule has 18 heavy (non-hydrogen) atoms. The van der Waals surface area contributed by atoms with E-state index < -0.39 is 0 Å². The summed E-state index contributed by atoms with van der Waals surface area (Å²) in [6.45, 7) is 4.57. The first-order valence-electron chi connectivity index (χ1n) is 5.69. The van der Waals surface area contributed by atoms with Crippen molar-refractivity contribution in [2.45, 2.75) is 13.0 Å². The van der Waals surface area contributed by atoms with E-state index in [1.54, 1.807) is 17.0 Å². The first-order valence-corrected chi connectivity index (χ1v) is 6.07. The average molecular weight is 264 g/mol. The molecule has 0 radical (unpaired) electrons. The number of amides is 1. The summed E-state index contributed by atoms with van der Waals surface area (Å²) >= 11 is 5.95. The van der Waals surface area contributed by atoms with Crippen molar-refractivity contribution in [3.63, 3.8) is 0 Å². The molecule has 0 spiro atoms. The highest BCUT2D eigenvalue weighted by molar-refractivity contribution is 6.31. The van der Waals surface area contributed by atoms with Gasteiger partial charge in [-0.05, 0) is 18.2 Å². The number of nitrogens with one attached hydrogen (secondary N) is 1. The van der Waals surface area contributed by atoms with Gasteiger partial charge in [0.2, 0.25) is 5.91 Å². The van der Waals surface area contributed by atoms with E-state index in [2.05, 4.69) is 17.0 Å². The average Bonchev–Trinajstić information content (AvgIpc) is 2.76. The van der Waals surface area contributed by atoms with E-state index >= 15 is 0 Å². The second-order valence-corrected chi connectivity index (χ2v) is 4.35. The van der Waals surface area contributed by atoms with Crippen molar-refractivity contribution in [1.29, 1.82) is 0 Å². The molecule has 1 aromatic carbocycles. The summed E-state index contributed by atoms with van der Waals surface area (Å²) in [4.78, 5) is 11.5. The van der Waals surface area contributed by atoms with Gasteiger partial charge in [-0.1, -0.05) is 17.7 Å². The van der Waals surface area contributed by atoms with Crippen molar-refractivity contribution < 1.29 is 4.79 Å². The first-order chi connectivity index (χ1) is 8.70. The van der Waals surface area contributed by atoms with Crippen LogP contribution in [0.25, 0.3) is 10.9 Å². The summed E-state index contributed by atoms with van der Waals surface area (Å²) in [5.41, 5.74) is 0.944. The van der Waals surface area contributed by atoms with Crippen LogP contribution in [0.15, 0.2) is 37.1 Å². The summed E-state index contributed by atoms with van der Waals surface area (Å²) in [6.07, 6.45) is 3.81. The lowest BCUT2D eigenvalue weighted by Crippen LogP contribution is -2.24. The van der Waals surface area contributed by atoms with Gasteiger partial charge >= 0.3 is 0 Å². The van der Waals surface area contributed by atoms with Crippen LogP contribution < -0.4 is 5.32 Å². The zero-order valence-electron chi connectivity index (χ0n) is 9.90. The van der Waals surface area contributed by atoms with Gasteiger partial charge in [0.25, 0.3) is 0 Å². The molecule has 0 saturated heterocycles. The topological polar surface area (TPSA) is 46.9 Å². The molecule has 4 nitrogen and oxygen atoms in total. The SMILES string of the molecule is C=CCNC(=O)CCn1ncc2ccc(Cl)cc21. The van der Waals surface area contributed by atoms with Crippen LogP contribution in [0, 0.1) is 0 Å². The molecule has 1 N–H and O–H groups in total. The normalized spacial score (nSPS) is 10.5. The maximum absolute atomic E-state index is 11.5. The molecule has 1 amide bonds. The number of halogens is 1. The number of aromatic nitrogens is 2. The van der Waals surface area contributed by atoms with Gasteiger partial charge in [0, 0.05) is 23.4 Å². The van der Waals surface area contributed by atoms with Crippen molar-refractivity contribution in [2.75, 3.05) is 6.54 Å². The Labute approximate surface area is 110 Å². The van der Waals surface area contributed by atoms with Crippen molar-refractivity contribution in [1.82, 2.24) is 15.1 Å². The van der Waals surface area contributed by atoms with Crippen molar-refractivity contribution in [2.24, 2.45) is 0 Å². The molecule has 0 aliphatic rings. The molecule has 1 heterocycles. The number of hydrogen-bond acceptors (Lipinski definition) is 2. The Morgan fingerprint density at radius 3 is 3.17 bits per heavy atom. The Kier molecular flexibility index (Phi) is 3.99. The van der Waals surface area contributed by atoms with Crippen LogP contribution in [0.3, 0.4) is 0 Å². The molecule has 94 valence electrons. The van der Waals surface area contributed by atoms with Gasteiger partial charge < -0.3 is 5.32 Å². The van der Waals surface area contributed by atoms with E-state index in [1.165, 1.54) is 0 Å². The second-order valence-electron chi connectivity index (χ2n) is 3.91. The maximum atomic E-state index is 11.5.